The Morgan fingerprint density at radius 1 is 1.19 bits per heavy atom. The van der Waals surface area contributed by atoms with Crippen LogP contribution >= 0.6 is 0 Å². The second kappa shape index (κ2) is 7.99. The third kappa shape index (κ3) is 3.85. The van der Waals surface area contributed by atoms with Crippen LogP contribution in [0.2, 0.25) is 0 Å². The standard InChI is InChI=1S/C20H20FNO4/c1-25-19(23)16-10-9-15(12-17(16)21)18-8-5-11-22(18)20(24)26-13-14-6-3-2-4-7-14/h2-4,6-7,9-10,12,18H,5,8,11,13H2,1H3. The Hall–Kier alpha value is -2.89. The van der Waals surface area contributed by atoms with Crippen molar-refractivity contribution in [3.8, 4) is 0 Å². The van der Waals surface area contributed by atoms with Crippen LogP contribution in [-0.4, -0.2) is 30.6 Å². The van der Waals surface area contributed by atoms with Crippen LogP contribution in [0.3, 0.4) is 0 Å². The topological polar surface area (TPSA) is 55.8 Å². The summed E-state index contributed by atoms with van der Waals surface area (Å²) in [6.45, 7) is 0.747. The van der Waals surface area contributed by atoms with Gasteiger partial charge < -0.3 is 14.4 Å². The quantitative estimate of drug-likeness (QED) is 0.774. The van der Waals surface area contributed by atoms with E-state index in [-0.39, 0.29) is 18.2 Å². The van der Waals surface area contributed by atoms with Gasteiger partial charge in [0.1, 0.15) is 12.4 Å². The molecule has 0 radical (unpaired) electrons. The summed E-state index contributed by atoms with van der Waals surface area (Å²) in [5, 5.41) is 0. The monoisotopic (exact) mass is 357 g/mol. The molecule has 5 nitrogen and oxygen atoms in total. The van der Waals surface area contributed by atoms with Gasteiger partial charge in [0.05, 0.1) is 18.7 Å². The first-order chi connectivity index (χ1) is 12.6. The maximum Gasteiger partial charge on any atom is 0.410 e. The van der Waals surface area contributed by atoms with Gasteiger partial charge in [-0.3, -0.25) is 0 Å². The summed E-state index contributed by atoms with van der Waals surface area (Å²) < 4.78 is 24.1. The number of hydrogen-bond acceptors (Lipinski definition) is 4. The molecule has 6 heteroatoms. The highest BCUT2D eigenvalue weighted by Gasteiger charge is 2.31. The number of nitrogens with zero attached hydrogens (tertiary/aromatic N) is 1. The van der Waals surface area contributed by atoms with Gasteiger partial charge in [-0.25, -0.2) is 14.0 Å². The summed E-state index contributed by atoms with van der Waals surface area (Å²) in [5.74, 6) is -1.38. The number of rotatable bonds is 4. The summed E-state index contributed by atoms with van der Waals surface area (Å²) in [6, 6.07) is 13.5. The Balaban J connectivity index is 1.70. The lowest BCUT2D eigenvalue weighted by Crippen LogP contribution is -2.31. The molecule has 0 aliphatic carbocycles. The highest BCUT2D eigenvalue weighted by molar-refractivity contribution is 5.89. The third-order valence-electron chi connectivity index (χ3n) is 4.48. The second-order valence-electron chi connectivity index (χ2n) is 6.12. The van der Waals surface area contributed by atoms with E-state index in [0.29, 0.717) is 12.1 Å². The van der Waals surface area contributed by atoms with Gasteiger partial charge in [-0.2, -0.15) is 0 Å². The molecule has 1 aliphatic rings. The van der Waals surface area contributed by atoms with Crippen molar-refractivity contribution in [3.63, 3.8) is 0 Å². The molecule has 1 saturated heterocycles. The fourth-order valence-corrected chi connectivity index (χ4v) is 3.15. The van der Waals surface area contributed by atoms with Crippen LogP contribution in [0.15, 0.2) is 48.5 Å². The summed E-state index contributed by atoms with van der Waals surface area (Å²) in [5.41, 5.74) is 1.43. The van der Waals surface area contributed by atoms with E-state index < -0.39 is 17.9 Å². The van der Waals surface area contributed by atoms with Crippen LogP contribution in [0.1, 0.15) is 40.4 Å². The SMILES string of the molecule is COC(=O)c1ccc(C2CCCN2C(=O)OCc2ccccc2)cc1F. The van der Waals surface area contributed by atoms with E-state index in [1.807, 2.05) is 30.3 Å². The van der Waals surface area contributed by atoms with E-state index in [2.05, 4.69) is 4.74 Å². The molecule has 1 aliphatic heterocycles. The lowest BCUT2D eigenvalue weighted by Gasteiger charge is -2.24. The number of halogens is 1. The van der Waals surface area contributed by atoms with Crippen molar-refractivity contribution < 1.29 is 23.5 Å². The normalized spacial score (nSPS) is 16.4. The van der Waals surface area contributed by atoms with Crippen LogP contribution in [0, 0.1) is 5.82 Å². The van der Waals surface area contributed by atoms with E-state index >= 15 is 0 Å². The van der Waals surface area contributed by atoms with Crippen LogP contribution in [0.5, 0.6) is 0 Å². The number of hydrogen-bond donors (Lipinski definition) is 0. The predicted octanol–water partition coefficient (Wildman–Crippen LogP) is 4.09. The van der Waals surface area contributed by atoms with Crippen molar-refractivity contribution in [2.45, 2.75) is 25.5 Å². The Morgan fingerprint density at radius 3 is 2.65 bits per heavy atom. The molecule has 26 heavy (non-hydrogen) atoms. The zero-order valence-corrected chi connectivity index (χ0v) is 14.5. The van der Waals surface area contributed by atoms with Crippen molar-refractivity contribution in [2.75, 3.05) is 13.7 Å². The molecule has 1 atom stereocenters. The molecule has 1 unspecified atom stereocenters. The number of esters is 1. The van der Waals surface area contributed by atoms with Gasteiger partial charge in [0.25, 0.3) is 0 Å². The second-order valence-corrected chi connectivity index (χ2v) is 6.12. The van der Waals surface area contributed by atoms with Crippen LogP contribution in [0.25, 0.3) is 0 Å². The molecule has 2 aromatic carbocycles. The van der Waals surface area contributed by atoms with Crippen molar-refractivity contribution >= 4 is 12.1 Å². The molecule has 0 bridgehead atoms. The first kappa shape index (κ1) is 17.9. The zero-order valence-electron chi connectivity index (χ0n) is 14.5. The summed E-state index contributed by atoms with van der Waals surface area (Å²) in [6.07, 6.45) is 1.11. The number of ether oxygens (including phenoxy) is 2. The predicted molar refractivity (Wildman–Crippen MR) is 93.0 cm³/mol. The van der Waals surface area contributed by atoms with Gasteiger partial charge in [0.2, 0.25) is 0 Å². The Bertz CT molecular complexity index is 794. The van der Waals surface area contributed by atoms with Crippen molar-refractivity contribution in [2.24, 2.45) is 0 Å². The molecule has 136 valence electrons. The summed E-state index contributed by atoms with van der Waals surface area (Å²) in [7, 11) is 1.21. The fourth-order valence-electron chi connectivity index (χ4n) is 3.15. The van der Waals surface area contributed by atoms with Crippen molar-refractivity contribution in [1.82, 2.24) is 4.90 Å². The highest BCUT2D eigenvalue weighted by atomic mass is 19.1. The van der Waals surface area contributed by atoms with Gasteiger partial charge >= 0.3 is 12.1 Å². The molecule has 3 rings (SSSR count). The van der Waals surface area contributed by atoms with Gasteiger partial charge in [-0.05, 0) is 36.1 Å². The minimum Gasteiger partial charge on any atom is -0.465 e. The first-order valence-corrected chi connectivity index (χ1v) is 8.45. The van der Waals surface area contributed by atoms with E-state index in [1.165, 1.54) is 19.2 Å². The smallest absolute Gasteiger partial charge is 0.410 e. The summed E-state index contributed by atoms with van der Waals surface area (Å²) >= 11 is 0. The zero-order chi connectivity index (χ0) is 18.5. The van der Waals surface area contributed by atoms with E-state index in [4.69, 9.17) is 4.74 Å². The molecule has 1 fully saturated rings. The maximum absolute atomic E-state index is 14.2. The number of benzene rings is 2. The van der Waals surface area contributed by atoms with Crippen LogP contribution in [0.4, 0.5) is 9.18 Å². The number of amides is 1. The highest BCUT2D eigenvalue weighted by Crippen LogP contribution is 2.33. The van der Waals surface area contributed by atoms with Gasteiger partial charge in [0, 0.05) is 6.54 Å². The molecule has 0 spiro atoms. The van der Waals surface area contributed by atoms with E-state index in [0.717, 1.165) is 18.4 Å². The largest absolute Gasteiger partial charge is 0.465 e. The molecule has 0 saturated carbocycles. The first-order valence-electron chi connectivity index (χ1n) is 8.45. The van der Waals surface area contributed by atoms with E-state index in [1.54, 1.807) is 11.0 Å². The van der Waals surface area contributed by atoms with Crippen molar-refractivity contribution in [3.05, 3.63) is 71.0 Å². The fraction of sp³-hybridized carbons (Fsp3) is 0.300. The Kier molecular flexibility index (Phi) is 5.51. The molecule has 1 heterocycles. The molecule has 0 aromatic heterocycles. The third-order valence-corrected chi connectivity index (χ3v) is 4.48. The number of likely N-dealkylation sites (tertiary alicyclic amines) is 1. The number of carbonyl (C=O) groups excluding carboxylic acids is 2. The average Bonchev–Trinajstić information content (AvgIpc) is 3.16. The van der Waals surface area contributed by atoms with Gasteiger partial charge in [-0.15, -0.1) is 0 Å². The van der Waals surface area contributed by atoms with Crippen LogP contribution in [-0.2, 0) is 16.1 Å². The molecule has 2 aromatic rings. The van der Waals surface area contributed by atoms with Gasteiger partial charge in [-0.1, -0.05) is 36.4 Å². The molecule has 1 amide bonds. The lowest BCUT2D eigenvalue weighted by molar-refractivity contribution is 0.0595. The average molecular weight is 357 g/mol. The molecular weight excluding hydrogens is 337 g/mol. The van der Waals surface area contributed by atoms with Gasteiger partial charge in [0.15, 0.2) is 0 Å². The minimum absolute atomic E-state index is 0.118. The number of carbonyl (C=O) groups is 2. The minimum atomic E-state index is -0.723. The number of methoxy groups -OCH3 is 1. The lowest BCUT2D eigenvalue weighted by atomic mass is 10.0. The molecular formula is C20H20FNO4. The summed E-state index contributed by atoms with van der Waals surface area (Å²) in [4.78, 5) is 25.6. The maximum atomic E-state index is 14.2. The van der Waals surface area contributed by atoms with Crippen LogP contribution < -0.4 is 0 Å². The van der Waals surface area contributed by atoms with Crippen molar-refractivity contribution in [1.29, 1.82) is 0 Å². The van der Waals surface area contributed by atoms with E-state index in [9.17, 15) is 14.0 Å². The molecule has 0 N–H and O–H groups in total. The Labute approximate surface area is 151 Å². The Morgan fingerprint density at radius 2 is 1.96 bits per heavy atom.